The molecule has 0 aliphatic heterocycles. The molecule has 0 fully saturated rings. The van der Waals surface area contributed by atoms with Gasteiger partial charge in [-0.25, -0.2) is 0 Å². The Balaban J connectivity index is 1.59. The van der Waals surface area contributed by atoms with Crippen LogP contribution in [0, 0.1) is 0 Å². The summed E-state index contributed by atoms with van der Waals surface area (Å²) in [6.07, 6.45) is 0.315. The molecule has 2 aromatic carbocycles. The molecule has 146 valence electrons. The number of hydrogen-bond acceptors (Lipinski definition) is 4. The second kappa shape index (κ2) is 8.05. The summed E-state index contributed by atoms with van der Waals surface area (Å²) < 4.78 is 5.96. The van der Waals surface area contributed by atoms with Crippen molar-refractivity contribution in [2.24, 2.45) is 0 Å². The second-order valence-electron chi connectivity index (χ2n) is 7.27. The second-order valence-corrected chi connectivity index (χ2v) is 8.30. The number of thiophene rings is 1. The van der Waals surface area contributed by atoms with Crippen molar-refractivity contribution in [1.82, 2.24) is 0 Å². The molecule has 0 bridgehead atoms. The molecule has 29 heavy (non-hydrogen) atoms. The van der Waals surface area contributed by atoms with Gasteiger partial charge in [-0.15, -0.1) is 11.3 Å². The fraction of sp³-hybridized carbons (Fsp3) is 0.167. The Morgan fingerprint density at radius 1 is 1.07 bits per heavy atom. The average Bonchev–Trinajstić information content (AvgIpc) is 3.21. The highest BCUT2D eigenvalue weighted by Gasteiger charge is 2.10. The summed E-state index contributed by atoms with van der Waals surface area (Å²) in [7, 11) is 0. The van der Waals surface area contributed by atoms with Crippen LogP contribution in [0.15, 0.2) is 75.3 Å². The maximum absolute atomic E-state index is 12.7. The molecule has 2 aromatic heterocycles. The van der Waals surface area contributed by atoms with Gasteiger partial charge in [0.2, 0.25) is 5.91 Å². The SMILES string of the molecule is CC(C)c1ccc(-c2cc(=O)c3cc(NC(=O)Cc4cccs4)ccc3o2)cc1. The zero-order valence-corrected chi connectivity index (χ0v) is 17.1. The Kier molecular flexibility index (Phi) is 5.32. The first-order chi connectivity index (χ1) is 14.0. The van der Waals surface area contributed by atoms with Gasteiger partial charge in [0.25, 0.3) is 0 Å². The third-order valence-electron chi connectivity index (χ3n) is 4.79. The van der Waals surface area contributed by atoms with Crippen molar-refractivity contribution in [2.45, 2.75) is 26.2 Å². The molecular formula is C24H21NO3S. The molecule has 2 heterocycles. The number of nitrogens with one attached hydrogen (secondary N) is 1. The Labute approximate surface area is 172 Å². The Bertz CT molecular complexity index is 1210. The van der Waals surface area contributed by atoms with E-state index in [-0.39, 0.29) is 11.3 Å². The van der Waals surface area contributed by atoms with E-state index in [4.69, 9.17) is 4.42 Å². The monoisotopic (exact) mass is 403 g/mol. The summed E-state index contributed by atoms with van der Waals surface area (Å²) in [5.74, 6) is 0.867. The summed E-state index contributed by atoms with van der Waals surface area (Å²) in [6.45, 7) is 4.28. The smallest absolute Gasteiger partial charge is 0.229 e. The third kappa shape index (κ3) is 4.30. The first-order valence-electron chi connectivity index (χ1n) is 9.50. The minimum atomic E-state index is -0.136. The van der Waals surface area contributed by atoms with E-state index >= 15 is 0 Å². The summed E-state index contributed by atoms with van der Waals surface area (Å²) in [4.78, 5) is 25.9. The van der Waals surface area contributed by atoms with Gasteiger partial charge >= 0.3 is 0 Å². The predicted octanol–water partition coefficient (Wildman–Crippen LogP) is 5.83. The minimum Gasteiger partial charge on any atom is -0.456 e. The maximum atomic E-state index is 12.7. The van der Waals surface area contributed by atoms with Crippen LogP contribution in [0.4, 0.5) is 5.69 Å². The zero-order valence-electron chi connectivity index (χ0n) is 16.3. The summed E-state index contributed by atoms with van der Waals surface area (Å²) in [5, 5.41) is 5.24. The number of carbonyl (C=O) groups is 1. The van der Waals surface area contributed by atoms with Crippen LogP contribution in [0.2, 0.25) is 0 Å². The third-order valence-corrected chi connectivity index (χ3v) is 5.66. The number of benzene rings is 2. The van der Waals surface area contributed by atoms with Crippen molar-refractivity contribution in [3.8, 4) is 11.3 Å². The quantitative estimate of drug-likeness (QED) is 0.456. The Morgan fingerprint density at radius 2 is 1.86 bits per heavy atom. The fourth-order valence-electron chi connectivity index (χ4n) is 3.19. The normalized spacial score (nSPS) is 11.1. The number of anilines is 1. The van der Waals surface area contributed by atoms with Crippen LogP contribution in [0.1, 0.15) is 30.2 Å². The van der Waals surface area contributed by atoms with Gasteiger partial charge in [0.15, 0.2) is 5.43 Å². The highest BCUT2D eigenvalue weighted by Crippen LogP contribution is 2.26. The topological polar surface area (TPSA) is 59.3 Å². The average molecular weight is 404 g/mol. The van der Waals surface area contributed by atoms with E-state index in [1.165, 1.54) is 11.6 Å². The molecule has 4 nitrogen and oxygen atoms in total. The molecule has 0 atom stereocenters. The lowest BCUT2D eigenvalue weighted by Gasteiger charge is -2.08. The number of hydrogen-bond donors (Lipinski definition) is 1. The van der Waals surface area contributed by atoms with E-state index in [1.807, 2.05) is 29.6 Å². The van der Waals surface area contributed by atoms with Crippen LogP contribution in [-0.2, 0) is 11.2 Å². The van der Waals surface area contributed by atoms with Gasteiger partial charge in [0, 0.05) is 22.2 Å². The molecule has 1 N–H and O–H groups in total. The minimum absolute atomic E-state index is 0.113. The molecule has 4 aromatic rings. The lowest BCUT2D eigenvalue weighted by Crippen LogP contribution is -2.14. The summed E-state index contributed by atoms with van der Waals surface area (Å²) in [5.41, 5.74) is 3.04. The van der Waals surface area contributed by atoms with Crippen molar-refractivity contribution in [2.75, 3.05) is 5.32 Å². The number of fused-ring (bicyclic) bond motifs is 1. The van der Waals surface area contributed by atoms with Crippen molar-refractivity contribution >= 4 is 33.9 Å². The van der Waals surface area contributed by atoms with Gasteiger partial charge < -0.3 is 9.73 Å². The first-order valence-corrected chi connectivity index (χ1v) is 10.4. The molecule has 0 unspecified atom stereocenters. The molecule has 5 heteroatoms. The summed E-state index contributed by atoms with van der Waals surface area (Å²) in [6, 6.07) is 18.5. The van der Waals surface area contributed by atoms with E-state index in [0.717, 1.165) is 10.4 Å². The number of carbonyl (C=O) groups excluding carboxylic acids is 1. The fourth-order valence-corrected chi connectivity index (χ4v) is 3.89. The van der Waals surface area contributed by atoms with Crippen LogP contribution in [0.5, 0.6) is 0 Å². The zero-order chi connectivity index (χ0) is 20.4. The van der Waals surface area contributed by atoms with E-state index < -0.39 is 0 Å². The molecule has 0 aliphatic carbocycles. The van der Waals surface area contributed by atoms with Gasteiger partial charge in [-0.2, -0.15) is 0 Å². The van der Waals surface area contributed by atoms with Crippen molar-refractivity contribution in [3.05, 3.63) is 86.7 Å². The molecule has 0 radical (unpaired) electrons. The predicted molar refractivity (Wildman–Crippen MR) is 119 cm³/mol. The largest absolute Gasteiger partial charge is 0.456 e. The van der Waals surface area contributed by atoms with E-state index in [2.05, 4.69) is 31.3 Å². The molecule has 0 spiro atoms. The van der Waals surface area contributed by atoms with Gasteiger partial charge in [-0.05, 0) is 41.1 Å². The molecule has 4 rings (SSSR count). The van der Waals surface area contributed by atoms with Crippen LogP contribution in [0.25, 0.3) is 22.3 Å². The lowest BCUT2D eigenvalue weighted by atomic mass is 10.0. The number of rotatable bonds is 5. The molecule has 1 amide bonds. The van der Waals surface area contributed by atoms with Crippen molar-refractivity contribution in [3.63, 3.8) is 0 Å². The van der Waals surface area contributed by atoms with Gasteiger partial charge in [-0.3, -0.25) is 9.59 Å². The van der Waals surface area contributed by atoms with E-state index in [9.17, 15) is 9.59 Å². The maximum Gasteiger partial charge on any atom is 0.229 e. The van der Waals surface area contributed by atoms with Gasteiger partial charge in [0.1, 0.15) is 11.3 Å². The van der Waals surface area contributed by atoms with Crippen LogP contribution in [-0.4, -0.2) is 5.91 Å². The standard InChI is InChI=1S/C24H21NO3S/c1-15(2)16-5-7-17(8-6-16)23-14-21(26)20-12-18(9-10-22(20)28-23)25-24(27)13-19-4-3-11-29-19/h3-12,14-15H,13H2,1-2H3,(H,25,27). The van der Waals surface area contributed by atoms with Crippen LogP contribution in [0.3, 0.4) is 0 Å². The van der Waals surface area contributed by atoms with Gasteiger partial charge in [-0.1, -0.05) is 44.2 Å². The first kappa shape index (κ1) is 19.2. The lowest BCUT2D eigenvalue weighted by molar-refractivity contribution is -0.115. The highest BCUT2D eigenvalue weighted by atomic mass is 32.1. The van der Waals surface area contributed by atoms with E-state index in [0.29, 0.717) is 34.8 Å². The Morgan fingerprint density at radius 3 is 2.55 bits per heavy atom. The van der Waals surface area contributed by atoms with Crippen LogP contribution >= 0.6 is 11.3 Å². The number of amides is 1. The van der Waals surface area contributed by atoms with Gasteiger partial charge in [0.05, 0.1) is 11.8 Å². The van der Waals surface area contributed by atoms with Crippen molar-refractivity contribution in [1.29, 1.82) is 0 Å². The van der Waals surface area contributed by atoms with Crippen molar-refractivity contribution < 1.29 is 9.21 Å². The van der Waals surface area contributed by atoms with E-state index in [1.54, 1.807) is 29.5 Å². The molecule has 0 aliphatic rings. The molecular weight excluding hydrogens is 382 g/mol. The summed E-state index contributed by atoms with van der Waals surface area (Å²) >= 11 is 1.54. The molecule has 0 saturated carbocycles. The molecule has 0 saturated heterocycles. The Hall–Kier alpha value is -3.18. The van der Waals surface area contributed by atoms with Crippen LogP contribution < -0.4 is 10.7 Å². The highest BCUT2D eigenvalue weighted by molar-refractivity contribution is 7.10.